The van der Waals surface area contributed by atoms with E-state index in [1.165, 1.54) is 5.69 Å². The van der Waals surface area contributed by atoms with Crippen molar-refractivity contribution in [1.29, 1.82) is 0 Å². The second-order valence-electron chi connectivity index (χ2n) is 6.02. The number of nitrogens with zero attached hydrogens (tertiary/aromatic N) is 3. The van der Waals surface area contributed by atoms with Crippen LogP contribution >= 0.6 is 24.0 Å². The molecule has 1 heterocycles. The summed E-state index contributed by atoms with van der Waals surface area (Å²) in [7, 11) is 0. The minimum atomic E-state index is 0. The first-order chi connectivity index (χ1) is 12.7. The van der Waals surface area contributed by atoms with Crippen LogP contribution in [0.1, 0.15) is 13.8 Å². The van der Waals surface area contributed by atoms with Crippen LogP contribution in [0, 0.1) is 0 Å². The molecule has 0 unspecified atom stereocenters. The fourth-order valence-electron chi connectivity index (χ4n) is 2.83. The molecule has 1 aliphatic heterocycles. The number of ether oxygens (including phenoxy) is 1. The molecular formula is C19H32IN5O2. The van der Waals surface area contributed by atoms with Gasteiger partial charge in [-0.3, -0.25) is 4.79 Å². The van der Waals surface area contributed by atoms with E-state index in [0.717, 1.165) is 32.7 Å². The molecule has 0 radical (unpaired) electrons. The quantitative estimate of drug-likeness (QED) is 0.251. The maximum Gasteiger partial charge on any atom is 0.244 e. The summed E-state index contributed by atoms with van der Waals surface area (Å²) >= 11 is 0. The average Bonchev–Trinajstić information content (AvgIpc) is 2.70. The predicted molar refractivity (Wildman–Crippen MR) is 121 cm³/mol. The molecule has 0 atom stereocenters. The van der Waals surface area contributed by atoms with E-state index < -0.39 is 0 Å². The van der Waals surface area contributed by atoms with Gasteiger partial charge in [0.2, 0.25) is 5.91 Å². The number of rotatable bonds is 8. The Morgan fingerprint density at radius 1 is 1.11 bits per heavy atom. The van der Waals surface area contributed by atoms with Gasteiger partial charge in [-0.2, -0.15) is 0 Å². The minimum Gasteiger partial charge on any atom is -0.380 e. The summed E-state index contributed by atoms with van der Waals surface area (Å²) in [5, 5.41) is 6.33. The fraction of sp³-hybridized carbons (Fsp3) is 0.579. The highest BCUT2D eigenvalue weighted by atomic mass is 127. The highest BCUT2D eigenvalue weighted by molar-refractivity contribution is 14.0. The van der Waals surface area contributed by atoms with Crippen LogP contribution in [0.5, 0.6) is 0 Å². The molecule has 152 valence electrons. The van der Waals surface area contributed by atoms with Crippen LogP contribution in [0.25, 0.3) is 0 Å². The Labute approximate surface area is 179 Å². The molecule has 1 amide bonds. The van der Waals surface area contributed by atoms with Crippen molar-refractivity contribution in [3.63, 3.8) is 0 Å². The lowest BCUT2D eigenvalue weighted by Gasteiger charge is -2.36. The molecule has 0 aliphatic carbocycles. The van der Waals surface area contributed by atoms with E-state index in [2.05, 4.69) is 32.7 Å². The zero-order valence-electron chi connectivity index (χ0n) is 16.3. The first-order valence-electron chi connectivity index (χ1n) is 9.42. The van der Waals surface area contributed by atoms with Crippen molar-refractivity contribution in [3.8, 4) is 0 Å². The standard InChI is InChI=1S/C19H31N5O2.HI/c1-3-20-19(21-10-15-26-4-2)22-16-18(25)24-13-11-23(12-14-24)17-8-6-5-7-9-17;/h5-9H,3-4,10-16H2,1-2H3,(H2,20,21,22);1H. The topological polar surface area (TPSA) is 69.2 Å². The summed E-state index contributed by atoms with van der Waals surface area (Å²) in [4.78, 5) is 21.1. The summed E-state index contributed by atoms with van der Waals surface area (Å²) in [6.07, 6.45) is 0. The molecule has 0 saturated carbocycles. The number of benzene rings is 1. The van der Waals surface area contributed by atoms with Gasteiger partial charge in [-0.05, 0) is 26.0 Å². The van der Waals surface area contributed by atoms with Crippen LogP contribution in [0.3, 0.4) is 0 Å². The van der Waals surface area contributed by atoms with Gasteiger partial charge in [0.05, 0.1) is 6.61 Å². The number of carbonyl (C=O) groups is 1. The number of guanidine groups is 1. The van der Waals surface area contributed by atoms with Gasteiger partial charge in [-0.25, -0.2) is 4.99 Å². The van der Waals surface area contributed by atoms with Crippen LogP contribution in [-0.2, 0) is 9.53 Å². The van der Waals surface area contributed by atoms with Crippen LogP contribution in [0.15, 0.2) is 35.3 Å². The van der Waals surface area contributed by atoms with Gasteiger partial charge in [0.25, 0.3) is 0 Å². The predicted octanol–water partition coefficient (Wildman–Crippen LogP) is 1.54. The van der Waals surface area contributed by atoms with Gasteiger partial charge in [0.15, 0.2) is 5.96 Å². The molecule has 27 heavy (non-hydrogen) atoms. The normalized spacial score (nSPS) is 14.5. The van der Waals surface area contributed by atoms with E-state index in [-0.39, 0.29) is 36.4 Å². The first kappa shape index (κ1) is 23.5. The molecule has 1 aliphatic rings. The molecule has 2 N–H and O–H groups in total. The first-order valence-corrected chi connectivity index (χ1v) is 9.42. The molecule has 1 fully saturated rings. The Balaban J connectivity index is 0.00000364. The number of hydrogen-bond acceptors (Lipinski definition) is 4. The van der Waals surface area contributed by atoms with Gasteiger partial charge in [-0.1, -0.05) is 18.2 Å². The number of hydrogen-bond donors (Lipinski definition) is 2. The zero-order chi connectivity index (χ0) is 18.6. The molecule has 2 rings (SSSR count). The van der Waals surface area contributed by atoms with Gasteiger partial charge in [-0.15, -0.1) is 24.0 Å². The summed E-state index contributed by atoms with van der Waals surface area (Å²) in [6, 6.07) is 10.3. The highest BCUT2D eigenvalue weighted by Crippen LogP contribution is 2.15. The third-order valence-corrected chi connectivity index (χ3v) is 4.21. The maximum absolute atomic E-state index is 12.4. The molecule has 1 aromatic rings. The van der Waals surface area contributed by atoms with Crippen molar-refractivity contribution in [2.24, 2.45) is 4.99 Å². The van der Waals surface area contributed by atoms with E-state index in [0.29, 0.717) is 25.7 Å². The maximum atomic E-state index is 12.4. The number of anilines is 1. The second-order valence-corrected chi connectivity index (χ2v) is 6.02. The van der Waals surface area contributed by atoms with E-state index in [1.54, 1.807) is 0 Å². The summed E-state index contributed by atoms with van der Waals surface area (Å²) in [5.41, 5.74) is 1.21. The molecule has 7 nitrogen and oxygen atoms in total. The molecule has 0 bridgehead atoms. The number of amides is 1. The van der Waals surface area contributed by atoms with Crippen molar-refractivity contribution in [3.05, 3.63) is 30.3 Å². The number of piperazine rings is 1. The zero-order valence-corrected chi connectivity index (χ0v) is 18.6. The van der Waals surface area contributed by atoms with E-state index in [9.17, 15) is 4.79 Å². The molecule has 0 aromatic heterocycles. The largest absolute Gasteiger partial charge is 0.380 e. The molecule has 0 spiro atoms. The summed E-state index contributed by atoms with van der Waals surface area (Å²) in [5.74, 6) is 0.725. The Hall–Kier alpha value is -1.55. The summed E-state index contributed by atoms with van der Waals surface area (Å²) < 4.78 is 5.30. The Kier molecular flexibility index (Phi) is 11.8. The van der Waals surface area contributed by atoms with Crippen molar-refractivity contribution in [2.45, 2.75) is 13.8 Å². The summed E-state index contributed by atoms with van der Waals surface area (Å²) in [6.45, 7) is 10.1. The smallest absolute Gasteiger partial charge is 0.244 e. The molecular weight excluding hydrogens is 457 g/mol. The molecule has 1 aromatic carbocycles. The van der Waals surface area contributed by atoms with Crippen LogP contribution in [0.4, 0.5) is 5.69 Å². The molecule has 8 heteroatoms. The van der Waals surface area contributed by atoms with Crippen molar-refractivity contribution in [1.82, 2.24) is 15.5 Å². The van der Waals surface area contributed by atoms with Crippen LogP contribution in [0.2, 0.25) is 0 Å². The van der Waals surface area contributed by atoms with E-state index in [4.69, 9.17) is 4.74 Å². The van der Waals surface area contributed by atoms with Gasteiger partial charge in [0, 0.05) is 51.6 Å². The average molecular weight is 489 g/mol. The van der Waals surface area contributed by atoms with Crippen molar-refractivity contribution < 1.29 is 9.53 Å². The van der Waals surface area contributed by atoms with Gasteiger partial charge >= 0.3 is 0 Å². The van der Waals surface area contributed by atoms with Gasteiger partial charge < -0.3 is 25.2 Å². The van der Waals surface area contributed by atoms with E-state index in [1.807, 2.05) is 36.9 Å². The number of halogens is 1. The third kappa shape index (κ3) is 8.34. The Morgan fingerprint density at radius 3 is 2.44 bits per heavy atom. The molecule has 1 saturated heterocycles. The number of carbonyl (C=O) groups excluding carboxylic acids is 1. The second kappa shape index (κ2) is 13.6. The van der Waals surface area contributed by atoms with Gasteiger partial charge in [0.1, 0.15) is 6.54 Å². The van der Waals surface area contributed by atoms with Crippen molar-refractivity contribution in [2.75, 3.05) is 63.9 Å². The van der Waals surface area contributed by atoms with Crippen molar-refractivity contribution >= 4 is 41.5 Å². The van der Waals surface area contributed by atoms with Crippen LogP contribution < -0.4 is 15.5 Å². The lowest BCUT2D eigenvalue weighted by atomic mass is 10.2. The number of para-hydroxylation sites is 1. The monoisotopic (exact) mass is 489 g/mol. The number of aliphatic imine (C=N–C) groups is 1. The lowest BCUT2D eigenvalue weighted by Crippen LogP contribution is -2.49. The van der Waals surface area contributed by atoms with Crippen LogP contribution in [-0.4, -0.2) is 75.8 Å². The Morgan fingerprint density at radius 2 is 1.81 bits per heavy atom. The Bertz CT molecular complexity index is 562. The lowest BCUT2D eigenvalue weighted by molar-refractivity contribution is -0.129. The minimum absolute atomic E-state index is 0. The SMILES string of the molecule is CCNC(=NCC(=O)N1CCN(c2ccccc2)CC1)NCCOCC.I. The third-order valence-electron chi connectivity index (χ3n) is 4.21. The fourth-order valence-corrected chi connectivity index (χ4v) is 2.83. The van der Waals surface area contributed by atoms with E-state index >= 15 is 0 Å². The number of nitrogens with one attached hydrogen (secondary N) is 2. The highest BCUT2D eigenvalue weighted by Gasteiger charge is 2.20.